The van der Waals surface area contributed by atoms with E-state index in [1.54, 1.807) is 0 Å². The summed E-state index contributed by atoms with van der Waals surface area (Å²) in [6.45, 7) is 3.65. The number of carboxylic acid groups (broad SMARTS) is 1. The Balaban J connectivity index is 2.03. The van der Waals surface area contributed by atoms with E-state index in [4.69, 9.17) is 21.4 Å². The minimum Gasteiger partial charge on any atom is -0.478 e. The van der Waals surface area contributed by atoms with Crippen molar-refractivity contribution in [3.05, 3.63) is 64.7 Å². The van der Waals surface area contributed by atoms with Gasteiger partial charge >= 0.3 is 5.97 Å². The molecule has 22 heavy (non-hydrogen) atoms. The van der Waals surface area contributed by atoms with Gasteiger partial charge in [0, 0.05) is 10.9 Å². The minimum absolute atomic E-state index is 0.0914. The lowest BCUT2D eigenvalue weighted by atomic mass is 10.0. The molecule has 1 unspecified atom stereocenters. The monoisotopic (exact) mass is 318 g/mol. The highest BCUT2D eigenvalue weighted by molar-refractivity contribution is 6.30. The van der Waals surface area contributed by atoms with E-state index in [1.165, 1.54) is 5.56 Å². The van der Waals surface area contributed by atoms with Gasteiger partial charge in [-0.05, 0) is 41.8 Å². The van der Waals surface area contributed by atoms with E-state index in [9.17, 15) is 4.79 Å². The molecule has 4 heteroatoms. The molecule has 0 aliphatic rings. The fourth-order valence-corrected chi connectivity index (χ4v) is 2.27. The van der Waals surface area contributed by atoms with E-state index in [0.29, 0.717) is 5.75 Å². The maximum absolute atomic E-state index is 11.1. The van der Waals surface area contributed by atoms with E-state index in [0.717, 1.165) is 17.0 Å². The number of carboxylic acids is 1. The SMILES string of the molecule is CC(C)C(Oc1ccc(Cc2ccc(Cl)cc2)cc1)C(=O)O. The molecule has 0 amide bonds. The zero-order valence-corrected chi connectivity index (χ0v) is 13.4. The van der Waals surface area contributed by atoms with Crippen molar-refractivity contribution in [3.63, 3.8) is 0 Å². The summed E-state index contributed by atoms with van der Waals surface area (Å²) in [7, 11) is 0. The second-order valence-electron chi connectivity index (χ2n) is 5.57. The largest absolute Gasteiger partial charge is 0.478 e. The summed E-state index contributed by atoms with van der Waals surface area (Å²) in [5.41, 5.74) is 2.30. The first-order chi connectivity index (χ1) is 10.5. The van der Waals surface area contributed by atoms with E-state index in [2.05, 4.69) is 0 Å². The van der Waals surface area contributed by atoms with Gasteiger partial charge in [0.25, 0.3) is 0 Å². The van der Waals surface area contributed by atoms with Crippen LogP contribution in [0.15, 0.2) is 48.5 Å². The molecule has 2 aromatic carbocycles. The van der Waals surface area contributed by atoms with Crippen LogP contribution in [-0.2, 0) is 11.2 Å². The molecule has 3 nitrogen and oxygen atoms in total. The third-order valence-electron chi connectivity index (χ3n) is 3.36. The van der Waals surface area contributed by atoms with Gasteiger partial charge in [-0.1, -0.05) is 49.7 Å². The van der Waals surface area contributed by atoms with Crippen molar-refractivity contribution in [1.29, 1.82) is 0 Å². The molecule has 0 heterocycles. The topological polar surface area (TPSA) is 46.5 Å². The quantitative estimate of drug-likeness (QED) is 0.857. The van der Waals surface area contributed by atoms with E-state index in [1.807, 2.05) is 62.4 Å². The van der Waals surface area contributed by atoms with Crippen LogP contribution >= 0.6 is 11.6 Å². The Kier molecular flexibility index (Phi) is 5.45. The van der Waals surface area contributed by atoms with Crippen molar-refractivity contribution in [2.45, 2.75) is 26.4 Å². The van der Waals surface area contributed by atoms with Crippen molar-refractivity contribution < 1.29 is 14.6 Å². The van der Waals surface area contributed by atoms with E-state index in [-0.39, 0.29) is 5.92 Å². The highest BCUT2D eigenvalue weighted by Crippen LogP contribution is 2.19. The molecule has 0 radical (unpaired) electrons. The molecule has 1 atom stereocenters. The number of rotatable bonds is 6. The van der Waals surface area contributed by atoms with Crippen molar-refractivity contribution >= 4 is 17.6 Å². The predicted octanol–water partition coefficient (Wildman–Crippen LogP) is 4.42. The number of halogens is 1. The highest BCUT2D eigenvalue weighted by Gasteiger charge is 2.23. The van der Waals surface area contributed by atoms with Crippen molar-refractivity contribution in [2.24, 2.45) is 5.92 Å². The minimum atomic E-state index is -0.944. The maximum atomic E-state index is 11.1. The second-order valence-corrected chi connectivity index (χ2v) is 6.00. The van der Waals surface area contributed by atoms with Gasteiger partial charge in [0.2, 0.25) is 0 Å². The zero-order valence-electron chi connectivity index (χ0n) is 12.6. The number of hydrogen-bond donors (Lipinski definition) is 1. The van der Waals surface area contributed by atoms with Gasteiger partial charge in [0.15, 0.2) is 6.10 Å². The van der Waals surface area contributed by atoms with Crippen LogP contribution in [-0.4, -0.2) is 17.2 Å². The Labute approximate surface area is 135 Å². The molecule has 0 saturated heterocycles. The zero-order chi connectivity index (χ0) is 16.1. The Hall–Kier alpha value is -2.00. The molecule has 0 aliphatic heterocycles. The van der Waals surface area contributed by atoms with Crippen LogP contribution in [0, 0.1) is 5.92 Å². The molecule has 0 saturated carbocycles. The van der Waals surface area contributed by atoms with Gasteiger partial charge in [-0.25, -0.2) is 4.79 Å². The van der Waals surface area contributed by atoms with Crippen molar-refractivity contribution in [1.82, 2.24) is 0 Å². The Morgan fingerprint density at radius 3 is 2.00 bits per heavy atom. The smallest absolute Gasteiger partial charge is 0.345 e. The molecule has 2 rings (SSSR count). The summed E-state index contributed by atoms with van der Waals surface area (Å²) in [6.07, 6.45) is -0.0358. The molecule has 116 valence electrons. The summed E-state index contributed by atoms with van der Waals surface area (Å²) in [4.78, 5) is 11.1. The molecule has 0 bridgehead atoms. The van der Waals surface area contributed by atoms with Crippen molar-refractivity contribution in [2.75, 3.05) is 0 Å². The third-order valence-corrected chi connectivity index (χ3v) is 3.61. The molecular formula is C18H19ClO3. The molecule has 0 fully saturated rings. The fourth-order valence-electron chi connectivity index (χ4n) is 2.14. The first kappa shape index (κ1) is 16.4. The standard InChI is InChI=1S/C18H19ClO3/c1-12(2)17(18(20)21)22-16-9-5-14(6-10-16)11-13-3-7-15(19)8-4-13/h3-10,12,17H,11H2,1-2H3,(H,20,21). The van der Waals surface area contributed by atoms with Gasteiger partial charge < -0.3 is 9.84 Å². The normalized spacial score (nSPS) is 12.2. The molecule has 1 N–H and O–H groups in total. The molecular weight excluding hydrogens is 300 g/mol. The van der Waals surface area contributed by atoms with Crippen LogP contribution in [0.1, 0.15) is 25.0 Å². The summed E-state index contributed by atoms with van der Waals surface area (Å²) in [5.74, 6) is -0.465. The van der Waals surface area contributed by atoms with Crippen LogP contribution in [0.5, 0.6) is 5.75 Å². The second kappa shape index (κ2) is 7.32. The number of hydrogen-bond acceptors (Lipinski definition) is 2. The third kappa shape index (κ3) is 4.50. The van der Waals surface area contributed by atoms with Crippen LogP contribution in [0.2, 0.25) is 5.02 Å². The first-order valence-electron chi connectivity index (χ1n) is 7.18. The Morgan fingerprint density at radius 2 is 1.55 bits per heavy atom. The lowest BCUT2D eigenvalue weighted by Gasteiger charge is -2.18. The lowest BCUT2D eigenvalue weighted by Crippen LogP contribution is -2.32. The van der Waals surface area contributed by atoms with Gasteiger partial charge in [-0.2, -0.15) is 0 Å². The molecule has 0 aromatic heterocycles. The highest BCUT2D eigenvalue weighted by atomic mass is 35.5. The molecule has 0 aliphatic carbocycles. The van der Waals surface area contributed by atoms with Crippen LogP contribution in [0.3, 0.4) is 0 Å². The molecule has 0 spiro atoms. The average Bonchev–Trinajstić information content (AvgIpc) is 2.48. The number of aliphatic carboxylic acids is 1. The number of carbonyl (C=O) groups is 1. The van der Waals surface area contributed by atoms with Gasteiger partial charge in [0.05, 0.1) is 0 Å². The Bertz CT molecular complexity index is 618. The summed E-state index contributed by atoms with van der Waals surface area (Å²) in [5, 5.41) is 9.86. The number of ether oxygens (including phenoxy) is 1. The summed E-state index contributed by atoms with van der Waals surface area (Å²) >= 11 is 5.87. The van der Waals surface area contributed by atoms with Crippen molar-refractivity contribution in [3.8, 4) is 5.75 Å². The van der Waals surface area contributed by atoms with E-state index >= 15 is 0 Å². The van der Waals surface area contributed by atoms with E-state index < -0.39 is 12.1 Å². The first-order valence-corrected chi connectivity index (χ1v) is 7.56. The summed E-state index contributed by atoms with van der Waals surface area (Å²) in [6, 6.07) is 15.2. The van der Waals surface area contributed by atoms with Crippen LogP contribution < -0.4 is 4.74 Å². The van der Waals surface area contributed by atoms with Gasteiger partial charge in [-0.3, -0.25) is 0 Å². The average molecular weight is 319 g/mol. The summed E-state index contributed by atoms with van der Waals surface area (Å²) < 4.78 is 5.54. The predicted molar refractivity (Wildman–Crippen MR) is 87.6 cm³/mol. The molecule has 2 aromatic rings. The Morgan fingerprint density at radius 1 is 1.05 bits per heavy atom. The van der Waals surface area contributed by atoms with Crippen LogP contribution in [0.25, 0.3) is 0 Å². The lowest BCUT2D eigenvalue weighted by molar-refractivity contribution is -0.147. The van der Waals surface area contributed by atoms with Gasteiger partial charge in [0.1, 0.15) is 5.75 Å². The van der Waals surface area contributed by atoms with Gasteiger partial charge in [-0.15, -0.1) is 0 Å². The van der Waals surface area contributed by atoms with Crippen LogP contribution in [0.4, 0.5) is 0 Å². The maximum Gasteiger partial charge on any atom is 0.345 e. The number of benzene rings is 2. The fraction of sp³-hybridized carbons (Fsp3) is 0.278.